The molecule has 1 aliphatic heterocycles. The number of hydrogen-bond donors (Lipinski definition) is 1. The third-order valence-corrected chi connectivity index (χ3v) is 5.26. The number of non-ortho nitro benzene ring substituents is 1. The fourth-order valence-corrected chi connectivity index (χ4v) is 3.44. The van der Waals surface area contributed by atoms with E-state index in [0.29, 0.717) is 24.4 Å². The molecular formula is C18H15N3O6S. The molecule has 2 aromatic rings. The van der Waals surface area contributed by atoms with Crippen LogP contribution in [-0.4, -0.2) is 39.1 Å². The lowest BCUT2D eigenvalue weighted by atomic mass is 10.2. The normalized spacial score (nSPS) is 13.6. The molecule has 0 radical (unpaired) electrons. The first-order valence-corrected chi connectivity index (χ1v) is 9.62. The van der Waals surface area contributed by atoms with Crippen LogP contribution in [0, 0.1) is 22.0 Å². The second-order valence-corrected chi connectivity index (χ2v) is 7.46. The number of carbonyl (C=O) groups excluding carboxylic acids is 1. The summed E-state index contributed by atoms with van der Waals surface area (Å²) < 4.78 is 31.5. The summed E-state index contributed by atoms with van der Waals surface area (Å²) in [4.78, 5) is 22.9. The average molecular weight is 401 g/mol. The van der Waals surface area contributed by atoms with Gasteiger partial charge in [0.15, 0.2) is 0 Å². The topological polar surface area (TPSA) is 119 Å². The Morgan fingerprint density at radius 1 is 1.21 bits per heavy atom. The maximum Gasteiger partial charge on any atom is 0.414 e. The molecule has 0 aliphatic carbocycles. The molecule has 9 nitrogen and oxygen atoms in total. The molecular weight excluding hydrogens is 386 g/mol. The average Bonchev–Trinajstić information content (AvgIpc) is 3.12. The molecule has 1 fully saturated rings. The highest BCUT2D eigenvalue weighted by Crippen LogP contribution is 2.19. The number of cyclic esters (lactones) is 1. The van der Waals surface area contributed by atoms with Crippen molar-refractivity contribution in [2.24, 2.45) is 0 Å². The van der Waals surface area contributed by atoms with E-state index in [9.17, 15) is 23.3 Å². The van der Waals surface area contributed by atoms with Crippen molar-refractivity contribution in [3.05, 3.63) is 64.2 Å². The molecule has 0 bridgehead atoms. The van der Waals surface area contributed by atoms with Crippen molar-refractivity contribution in [1.29, 1.82) is 0 Å². The van der Waals surface area contributed by atoms with Gasteiger partial charge in [0.25, 0.3) is 5.69 Å². The van der Waals surface area contributed by atoms with Gasteiger partial charge in [-0.15, -0.1) is 0 Å². The Kier molecular flexibility index (Phi) is 5.58. The number of ether oxygens (including phenoxy) is 1. The smallest absolute Gasteiger partial charge is 0.414 e. The highest BCUT2D eigenvalue weighted by Gasteiger charge is 2.23. The molecule has 1 aliphatic rings. The number of carbonyl (C=O) groups is 1. The van der Waals surface area contributed by atoms with Gasteiger partial charge < -0.3 is 4.74 Å². The minimum absolute atomic E-state index is 0.161. The van der Waals surface area contributed by atoms with Crippen molar-refractivity contribution in [2.45, 2.75) is 4.90 Å². The Morgan fingerprint density at radius 2 is 1.96 bits per heavy atom. The Morgan fingerprint density at radius 3 is 2.61 bits per heavy atom. The van der Waals surface area contributed by atoms with Crippen LogP contribution in [0.4, 0.5) is 16.2 Å². The maximum absolute atomic E-state index is 12.2. The summed E-state index contributed by atoms with van der Waals surface area (Å²) in [7, 11) is -3.91. The van der Waals surface area contributed by atoms with Crippen LogP contribution in [0.3, 0.4) is 0 Å². The van der Waals surface area contributed by atoms with Gasteiger partial charge in [0.05, 0.1) is 22.9 Å². The standard InChI is InChI=1S/C18H15N3O6S/c22-18-20(11-12-27-18)15-8-6-14(7-9-15)3-2-10-19-28(25,26)17-5-1-4-16(13-17)21(23)24/h1,4-9,13,19H,10-12H2. The summed E-state index contributed by atoms with van der Waals surface area (Å²) in [6.45, 7) is 0.680. The van der Waals surface area contributed by atoms with Gasteiger partial charge in [-0.3, -0.25) is 15.0 Å². The lowest BCUT2D eigenvalue weighted by Crippen LogP contribution is -2.24. The lowest BCUT2D eigenvalue weighted by molar-refractivity contribution is -0.385. The molecule has 0 saturated carbocycles. The van der Waals surface area contributed by atoms with E-state index in [4.69, 9.17) is 4.74 Å². The summed E-state index contributed by atoms with van der Waals surface area (Å²) in [5.74, 6) is 5.49. The summed E-state index contributed by atoms with van der Waals surface area (Å²) in [5, 5.41) is 10.8. The Labute approximate surface area is 161 Å². The second-order valence-electron chi connectivity index (χ2n) is 5.69. The summed E-state index contributed by atoms with van der Waals surface area (Å²) in [5.41, 5.74) is 1.03. The molecule has 3 rings (SSSR count). The van der Waals surface area contributed by atoms with E-state index in [2.05, 4.69) is 16.6 Å². The molecule has 0 unspecified atom stereocenters. The maximum atomic E-state index is 12.2. The monoisotopic (exact) mass is 401 g/mol. The molecule has 144 valence electrons. The molecule has 1 N–H and O–H groups in total. The van der Waals surface area contributed by atoms with Crippen molar-refractivity contribution in [2.75, 3.05) is 24.6 Å². The molecule has 0 aromatic heterocycles. The van der Waals surface area contributed by atoms with Gasteiger partial charge >= 0.3 is 6.09 Å². The fourth-order valence-electron chi connectivity index (χ4n) is 2.48. The third kappa shape index (κ3) is 4.46. The van der Waals surface area contributed by atoms with Gasteiger partial charge in [0, 0.05) is 23.4 Å². The number of nitrogens with zero attached hydrogens (tertiary/aromatic N) is 2. The van der Waals surface area contributed by atoms with E-state index < -0.39 is 21.0 Å². The molecule has 10 heteroatoms. The lowest BCUT2D eigenvalue weighted by Gasteiger charge is -2.11. The van der Waals surface area contributed by atoms with E-state index in [1.54, 1.807) is 24.3 Å². The van der Waals surface area contributed by atoms with Crippen molar-refractivity contribution in [3.63, 3.8) is 0 Å². The summed E-state index contributed by atoms with van der Waals surface area (Å²) in [6.07, 6.45) is -0.394. The van der Waals surface area contributed by atoms with Gasteiger partial charge in [-0.2, -0.15) is 4.72 Å². The zero-order valence-corrected chi connectivity index (χ0v) is 15.3. The number of nitro benzene ring substituents is 1. The number of rotatable bonds is 5. The first-order valence-electron chi connectivity index (χ1n) is 8.14. The molecule has 28 heavy (non-hydrogen) atoms. The van der Waals surface area contributed by atoms with Gasteiger partial charge in [-0.05, 0) is 30.3 Å². The molecule has 1 heterocycles. The number of nitrogens with one attached hydrogen (secondary N) is 1. The minimum Gasteiger partial charge on any atom is -0.447 e. The van der Waals surface area contributed by atoms with Crippen molar-refractivity contribution >= 4 is 27.5 Å². The Hall–Kier alpha value is -3.42. The van der Waals surface area contributed by atoms with Crippen LogP contribution in [0.1, 0.15) is 5.56 Å². The van der Waals surface area contributed by atoms with Crippen molar-refractivity contribution in [3.8, 4) is 11.8 Å². The van der Waals surface area contributed by atoms with E-state index in [1.807, 2.05) is 0 Å². The molecule has 2 aromatic carbocycles. The number of hydrogen-bond acceptors (Lipinski definition) is 6. The van der Waals surface area contributed by atoms with E-state index in [0.717, 1.165) is 6.07 Å². The second kappa shape index (κ2) is 8.08. The van der Waals surface area contributed by atoms with Gasteiger partial charge in [0.2, 0.25) is 10.0 Å². The molecule has 0 spiro atoms. The zero-order chi connectivity index (χ0) is 20.1. The predicted octanol–water partition coefficient (Wildman–Crippen LogP) is 1.88. The van der Waals surface area contributed by atoms with Gasteiger partial charge in [-0.1, -0.05) is 17.9 Å². The Bertz CT molecular complexity index is 1070. The van der Waals surface area contributed by atoms with E-state index in [-0.39, 0.29) is 17.1 Å². The first-order chi connectivity index (χ1) is 13.4. The molecule has 1 saturated heterocycles. The third-order valence-electron chi connectivity index (χ3n) is 3.86. The highest BCUT2D eigenvalue weighted by atomic mass is 32.2. The van der Waals surface area contributed by atoms with Gasteiger partial charge in [0.1, 0.15) is 6.61 Å². The van der Waals surface area contributed by atoms with Crippen molar-refractivity contribution in [1.82, 2.24) is 4.72 Å². The number of sulfonamides is 1. The predicted molar refractivity (Wildman–Crippen MR) is 100 cm³/mol. The zero-order valence-electron chi connectivity index (χ0n) is 14.5. The van der Waals surface area contributed by atoms with Crippen LogP contribution < -0.4 is 9.62 Å². The van der Waals surface area contributed by atoms with Crippen LogP contribution in [-0.2, 0) is 14.8 Å². The SMILES string of the molecule is O=C1OCCN1c1ccc(C#CCNS(=O)(=O)c2cccc([N+](=O)[O-])c2)cc1. The van der Waals surface area contributed by atoms with Crippen LogP contribution in [0.2, 0.25) is 0 Å². The molecule has 0 atom stereocenters. The van der Waals surface area contributed by atoms with Crippen LogP contribution in [0.15, 0.2) is 53.4 Å². The van der Waals surface area contributed by atoms with E-state index >= 15 is 0 Å². The number of benzene rings is 2. The number of anilines is 1. The van der Waals surface area contributed by atoms with Crippen molar-refractivity contribution < 1.29 is 22.9 Å². The summed E-state index contributed by atoms with van der Waals surface area (Å²) in [6, 6.07) is 11.6. The largest absolute Gasteiger partial charge is 0.447 e. The number of nitro groups is 1. The highest BCUT2D eigenvalue weighted by molar-refractivity contribution is 7.89. The van der Waals surface area contributed by atoms with Crippen LogP contribution in [0.25, 0.3) is 0 Å². The summed E-state index contributed by atoms with van der Waals surface area (Å²) >= 11 is 0. The Balaban J connectivity index is 1.62. The molecule has 1 amide bonds. The minimum atomic E-state index is -3.91. The van der Waals surface area contributed by atoms with Crippen LogP contribution >= 0.6 is 0 Å². The van der Waals surface area contributed by atoms with Crippen LogP contribution in [0.5, 0.6) is 0 Å². The van der Waals surface area contributed by atoms with Gasteiger partial charge in [-0.25, -0.2) is 13.2 Å². The number of amides is 1. The van der Waals surface area contributed by atoms with E-state index in [1.165, 1.54) is 23.1 Å². The first kappa shape index (κ1) is 19.3. The fraction of sp³-hybridized carbons (Fsp3) is 0.167. The quantitative estimate of drug-likeness (QED) is 0.464.